The maximum absolute atomic E-state index is 14.1. The van der Waals surface area contributed by atoms with E-state index in [1.807, 2.05) is 23.2 Å². The zero-order valence-corrected chi connectivity index (χ0v) is 22.5. The molecule has 1 saturated heterocycles. The molecule has 5 rings (SSSR count). The summed E-state index contributed by atoms with van der Waals surface area (Å²) in [7, 11) is 1.78. The molecule has 3 aliphatic rings. The van der Waals surface area contributed by atoms with Crippen LogP contribution >= 0.6 is 11.3 Å². The van der Waals surface area contributed by atoms with Gasteiger partial charge < -0.3 is 15.5 Å². The number of amides is 2. The third-order valence-electron chi connectivity index (χ3n) is 8.50. The molecule has 0 bridgehead atoms. The Morgan fingerprint density at radius 2 is 1.81 bits per heavy atom. The summed E-state index contributed by atoms with van der Waals surface area (Å²) in [5.41, 5.74) is 2.60. The lowest BCUT2D eigenvalue weighted by Gasteiger charge is -2.35. The van der Waals surface area contributed by atoms with E-state index < -0.39 is 6.04 Å². The van der Waals surface area contributed by atoms with Crippen molar-refractivity contribution < 1.29 is 9.59 Å². The van der Waals surface area contributed by atoms with E-state index in [9.17, 15) is 9.59 Å². The van der Waals surface area contributed by atoms with Gasteiger partial charge in [0.1, 0.15) is 11.0 Å². The number of nitrogens with zero attached hydrogens (tertiary/aromatic N) is 2. The Labute approximate surface area is 219 Å². The molecule has 4 atom stereocenters. The molecule has 0 radical (unpaired) electrons. The second-order valence-electron chi connectivity index (χ2n) is 10.8. The molecule has 0 spiro atoms. The molecular formula is C29H40N4O2S. The smallest absolute Gasteiger partial charge is 0.246 e. The molecule has 2 aliphatic carbocycles. The largest absolute Gasteiger partial charge is 0.343 e. The van der Waals surface area contributed by atoms with Gasteiger partial charge in [0, 0.05) is 17.3 Å². The minimum absolute atomic E-state index is 0.0224. The van der Waals surface area contributed by atoms with Gasteiger partial charge in [0.2, 0.25) is 11.8 Å². The van der Waals surface area contributed by atoms with E-state index in [4.69, 9.17) is 4.98 Å². The van der Waals surface area contributed by atoms with Gasteiger partial charge in [0.15, 0.2) is 0 Å². The van der Waals surface area contributed by atoms with Gasteiger partial charge in [0.25, 0.3) is 0 Å². The van der Waals surface area contributed by atoms with Crippen molar-refractivity contribution in [1.82, 2.24) is 20.5 Å². The highest BCUT2D eigenvalue weighted by Crippen LogP contribution is 2.44. The molecule has 36 heavy (non-hydrogen) atoms. The number of thiazole rings is 1. The SMILES string of the molecule is CN[C@@H](C)C(=O)N[C@H](C(=O)N1CCC[C@H]1c1nc2c(s1)C(c1ccccc1)CCC2)C1CCCCC1. The number of hydrogen-bond donors (Lipinski definition) is 2. The summed E-state index contributed by atoms with van der Waals surface area (Å²) in [5.74, 6) is 0.623. The summed E-state index contributed by atoms with van der Waals surface area (Å²) in [5, 5.41) is 7.26. The molecule has 2 aromatic rings. The van der Waals surface area contributed by atoms with Crippen LogP contribution in [0.4, 0.5) is 0 Å². The topological polar surface area (TPSA) is 74.3 Å². The van der Waals surface area contributed by atoms with Crippen LogP contribution in [0.2, 0.25) is 0 Å². The lowest BCUT2D eigenvalue weighted by atomic mass is 9.83. The number of nitrogens with one attached hydrogen (secondary N) is 2. The normalized spacial score (nSPS) is 24.2. The maximum atomic E-state index is 14.1. The van der Waals surface area contributed by atoms with Crippen molar-refractivity contribution in [3.05, 3.63) is 51.5 Å². The molecule has 2 amide bonds. The quantitative estimate of drug-likeness (QED) is 0.555. The van der Waals surface area contributed by atoms with Crippen LogP contribution in [0, 0.1) is 5.92 Å². The molecule has 1 aromatic carbocycles. The molecule has 1 saturated carbocycles. The maximum Gasteiger partial charge on any atom is 0.246 e. The first-order valence-electron chi connectivity index (χ1n) is 13.9. The van der Waals surface area contributed by atoms with Crippen molar-refractivity contribution >= 4 is 23.2 Å². The van der Waals surface area contributed by atoms with Crippen LogP contribution in [0.5, 0.6) is 0 Å². The number of likely N-dealkylation sites (N-methyl/N-ethyl adjacent to an activating group) is 1. The summed E-state index contributed by atoms with van der Waals surface area (Å²) in [4.78, 5) is 35.5. The second kappa shape index (κ2) is 11.4. The molecule has 2 heterocycles. The Morgan fingerprint density at radius 1 is 1.03 bits per heavy atom. The van der Waals surface area contributed by atoms with Crippen molar-refractivity contribution in [2.45, 2.75) is 95.2 Å². The van der Waals surface area contributed by atoms with Crippen molar-refractivity contribution in [2.24, 2.45) is 5.92 Å². The lowest BCUT2D eigenvalue weighted by Crippen LogP contribution is -2.55. The summed E-state index contributed by atoms with van der Waals surface area (Å²) < 4.78 is 0. The number of hydrogen-bond acceptors (Lipinski definition) is 5. The second-order valence-corrected chi connectivity index (χ2v) is 11.9. The predicted molar refractivity (Wildman–Crippen MR) is 144 cm³/mol. The monoisotopic (exact) mass is 508 g/mol. The Morgan fingerprint density at radius 3 is 2.56 bits per heavy atom. The van der Waals surface area contributed by atoms with Gasteiger partial charge >= 0.3 is 0 Å². The number of carbonyl (C=O) groups is 2. The highest BCUT2D eigenvalue weighted by molar-refractivity contribution is 7.12. The van der Waals surface area contributed by atoms with Gasteiger partial charge in [-0.1, -0.05) is 49.6 Å². The lowest BCUT2D eigenvalue weighted by molar-refractivity contribution is -0.139. The number of rotatable bonds is 7. The Bertz CT molecular complexity index is 1050. The molecule has 2 fully saturated rings. The first-order valence-corrected chi connectivity index (χ1v) is 14.7. The highest BCUT2D eigenvalue weighted by Gasteiger charge is 2.40. The predicted octanol–water partition coefficient (Wildman–Crippen LogP) is 4.95. The molecule has 7 heteroatoms. The van der Waals surface area contributed by atoms with E-state index in [2.05, 4.69) is 41.0 Å². The Balaban J connectivity index is 1.39. The summed E-state index contributed by atoms with van der Waals surface area (Å²) >= 11 is 1.82. The molecular weight excluding hydrogens is 468 g/mol. The van der Waals surface area contributed by atoms with Crippen molar-refractivity contribution in [3.8, 4) is 0 Å². The van der Waals surface area contributed by atoms with E-state index in [-0.39, 0.29) is 29.8 Å². The van der Waals surface area contributed by atoms with Gasteiger partial charge in [-0.05, 0) is 70.4 Å². The van der Waals surface area contributed by atoms with Crippen LogP contribution in [0.25, 0.3) is 0 Å². The highest BCUT2D eigenvalue weighted by atomic mass is 32.1. The Hall–Kier alpha value is -2.25. The third-order valence-corrected chi connectivity index (χ3v) is 9.81. The summed E-state index contributed by atoms with van der Waals surface area (Å²) in [6.07, 6.45) is 10.8. The minimum atomic E-state index is -0.444. The van der Waals surface area contributed by atoms with E-state index in [1.165, 1.54) is 22.6 Å². The van der Waals surface area contributed by atoms with Crippen molar-refractivity contribution in [3.63, 3.8) is 0 Å². The summed E-state index contributed by atoms with van der Waals surface area (Å²) in [6.45, 7) is 2.59. The van der Waals surface area contributed by atoms with E-state index >= 15 is 0 Å². The van der Waals surface area contributed by atoms with Crippen LogP contribution in [-0.4, -0.2) is 47.4 Å². The van der Waals surface area contributed by atoms with Gasteiger partial charge in [-0.25, -0.2) is 4.98 Å². The van der Waals surface area contributed by atoms with Crippen LogP contribution in [0.3, 0.4) is 0 Å². The Kier molecular flexibility index (Phi) is 8.06. The van der Waals surface area contributed by atoms with Crippen LogP contribution < -0.4 is 10.6 Å². The fourth-order valence-electron chi connectivity index (χ4n) is 6.31. The number of aromatic nitrogens is 1. The molecule has 1 aliphatic heterocycles. The van der Waals surface area contributed by atoms with Crippen molar-refractivity contribution in [1.29, 1.82) is 0 Å². The number of carbonyl (C=O) groups excluding carboxylic acids is 2. The zero-order valence-electron chi connectivity index (χ0n) is 21.7. The fraction of sp³-hybridized carbons (Fsp3) is 0.621. The molecule has 2 N–H and O–H groups in total. The zero-order chi connectivity index (χ0) is 25.1. The van der Waals surface area contributed by atoms with E-state index in [0.29, 0.717) is 5.92 Å². The molecule has 194 valence electrons. The number of benzene rings is 1. The fourth-order valence-corrected chi connectivity index (χ4v) is 7.73. The van der Waals surface area contributed by atoms with Crippen LogP contribution in [-0.2, 0) is 16.0 Å². The van der Waals surface area contributed by atoms with Crippen molar-refractivity contribution in [2.75, 3.05) is 13.6 Å². The van der Waals surface area contributed by atoms with Crippen LogP contribution in [0.1, 0.15) is 97.8 Å². The van der Waals surface area contributed by atoms with Gasteiger partial charge in [-0.2, -0.15) is 0 Å². The van der Waals surface area contributed by atoms with Gasteiger partial charge in [0.05, 0.1) is 17.8 Å². The first kappa shape index (κ1) is 25.4. The van der Waals surface area contributed by atoms with E-state index in [0.717, 1.165) is 69.3 Å². The third kappa shape index (κ3) is 5.23. The number of fused-ring (bicyclic) bond motifs is 1. The number of aryl methyl sites for hydroxylation is 1. The minimum Gasteiger partial charge on any atom is -0.343 e. The number of likely N-dealkylation sites (tertiary alicyclic amines) is 1. The average Bonchev–Trinajstić information content (AvgIpc) is 3.59. The summed E-state index contributed by atoms with van der Waals surface area (Å²) in [6, 6.07) is 10.0. The van der Waals surface area contributed by atoms with E-state index in [1.54, 1.807) is 7.05 Å². The van der Waals surface area contributed by atoms with Crippen LogP contribution in [0.15, 0.2) is 30.3 Å². The standard InChI is InChI=1S/C29H40N4O2S/c1-19(30-2)27(34)32-25(21-13-7-4-8-14-21)29(35)33-18-10-17-24(33)28-31-23-16-9-15-22(26(23)36-28)20-11-5-3-6-12-20/h3,5-6,11-12,19,21-22,24-25,30H,4,7-10,13-18H2,1-2H3,(H,32,34)/t19-,22?,24-,25-/m0/s1. The molecule has 1 aromatic heterocycles. The molecule has 1 unspecified atom stereocenters. The average molecular weight is 509 g/mol. The first-order chi connectivity index (χ1) is 17.6. The van der Waals surface area contributed by atoms with Gasteiger partial charge in [-0.15, -0.1) is 11.3 Å². The molecule has 6 nitrogen and oxygen atoms in total. The van der Waals surface area contributed by atoms with Gasteiger partial charge in [-0.3, -0.25) is 9.59 Å².